The average Bonchev–Trinajstić information content (AvgIpc) is 2.48. The van der Waals surface area contributed by atoms with Crippen LogP contribution >= 0.6 is 0 Å². The van der Waals surface area contributed by atoms with Gasteiger partial charge in [-0.15, -0.1) is 0 Å². The number of benzene rings is 1. The Balaban J connectivity index is 2.15. The van der Waals surface area contributed by atoms with Gasteiger partial charge in [0.15, 0.2) is 0 Å². The van der Waals surface area contributed by atoms with E-state index < -0.39 is 23.1 Å². The van der Waals surface area contributed by atoms with E-state index in [1.54, 1.807) is 13.8 Å². The van der Waals surface area contributed by atoms with Crippen molar-refractivity contribution in [2.24, 2.45) is 11.3 Å². The van der Waals surface area contributed by atoms with Crippen LogP contribution < -0.4 is 0 Å². The van der Waals surface area contributed by atoms with E-state index in [9.17, 15) is 20.1 Å². The Morgan fingerprint density at radius 3 is 2.50 bits per heavy atom. The zero-order valence-corrected chi connectivity index (χ0v) is 15.0. The third-order valence-corrected chi connectivity index (χ3v) is 6.61. The molecule has 0 spiro atoms. The van der Waals surface area contributed by atoms with Gasteiger partial charge in [0.05, 0.1) is 17.1 Å². The maximum atomic E-state index is 12.0. The van der Waals surface area contributed by atoms with E-state index in [2.05, 4.69) is 6.92 Å². The van der Waals surface area contributed by atoms with Gasteiger partial charge in [0, 0.05) is 0 Å². The topological polar surface area (TPSA) is 77.8 Å². The largest absolute Gasteiger partial charge is 0.481 e. The zero-order valence-electron chi connectivity index (χ0n) is 15.0. The summed E-state index contributed by atoms with van der Waals surface area (Å²) < 4.78 is 0. The van der Waals surface area contributed by atoms with Crippen LogP contribution in [0.25, 0.3) is 0 Å². The number of rotatable bonds is 2. The molecule has 0 heterocycles. The molecule has 0 aromatic heterocycles. The summed E-state index contributed by atoms with van der Waals surface area (Å²) in [4.78, 5) is 12.0. The van der Waals surface area contributed by atoms with E-state index in [4.69, 9.17) is 0 Å². The first-order valence-electron chi connectivity index (χ1n) is 8.79. The van der Waals surface area contributed by atoms with Crippen LogP contribution in [0.4, 0.5) is 0 Å². The number of aliphatic carboxylic acids is 1. The van der Waals surface area contributed by atoms with Gasteiger partial charge in [-0.1, -0.05) is 31.5 Å². The third-order valence-electron chi connectivity index (χ3n) is 6.61. The normalized spacial score (nSPS) is 35.9. The minimum absolute atomic E-state index is 0.0910. The molecule has 2 aliphatic carbocycles. The average molecular weight is 332 g/mol. The Hall–Kier alpha value is -1.39. The highest BCUT2D eigenvalue weighted by atomic mass is 16.4. The molecule has 24 heavy (non-hydrogen) atoms. The third kappa shape index (κ3) is 2.39. The molecule has 2 aliphatic rings. The molecular weight excluding hydrogens is 304 g/mol. The molecule has 0 saturated heterocycles. The number of fused-ring (bicyclic) bond motifs is 3. The molecular formula is C20H28O4. The number of hydrogen-bond acceptors (Lipinski definition) is 3. The van der Waals surface area contributed by atoms with Crippen molar-refractivity contribution in [1.82, 2.24) is 0 Å². The highest BCUT2D eigenvalue weighted by molar-refractivity contribution is 5.75. The predicted molar refractivity (Wildman–Crippen MR) is 91.7 cm³/mol. The second kappa shape index (κ2) is 5.30. The van der Waals surface area contributed by atoms with Gasteiger partial charge in [-0.05, 0) is 68.1 Å². The lowest BCUT2D eigenvalue weighted by Gasteiger charge is -2.54. The molecule has 0 radical (unpaired) electrons. The lowest BCUT2D eigenvalue weighted by molar-refractivity contribution is -0.159. The first kappa shape index (κ1) is 17.4. The van der Waals surface area contributed by atoms with Gasteiger partial charge in [0.1, 0.15) is 0 Å². The molecule has 1 saturated carbocycles. The molecule has 1 aromatic carbocycles. The Morgan fingerprint density at radius 1 is 1.25 bits per heavy atom. The van der Waals surface area contributed by atoms with Gasteiger partial charge in [-0.25, -0.2) is 0 Å². The summed E-state index contributed by atoms with van der Waals surface area (Å²) in [7, 11) is 0. The summed E-state index contributed by atoms with van der Waals surface area (Å²) in [5.74, 6) is -0.853. The van der Waals surface area contributed by atoms with Gasteiger partial charge in [-0.2, -0.15) is 0 Å². The van der Waals surface area contributed by atoms with Crippen molar-refractivity contribution in [3.05, 3.63) is 34.9 Å². The molecule has 3 rings (SSSR count). The van der Waals surface area contributed by atoms with Crippen LogP contribution in [0.5, 0.6) is 0 Å². The number of carbonyl (C=O) groups is 1. The van der Waals surface area contributed by atoms with Crippen LogP contribution in [0.2, 0.25) is 0 Å². The highest BCUT2D eigenvalue weighted by Gasteiger charge is 2.56. The van der Waals surface area contributed by atoms with Crippen LogP contribution in [0, 0.1) is 11.3 Å². The lowest BCUT2D eigenvalue weighted by atomic mass is 9.49. The Morgan fingerprint density at radius 2 is 1.92 bits per heavy atom. The molecule has 0 bridgehead atoms. The lowest BCUT2D eigenvalue weighted by Crippen LogP contribution is -2.53. The van der Waals surface area contributed by atoms with Crippen LogP contribution in [-0.4, -0.2) is 21.3 Å². The van der Waals surface area contributed by atoms with Gasteiger partial charge >= 0.3 is 5.97 Å². The fourth-order valence-electron chi connectivity index (χ4n) is 5.06. The maximum absolute atomic E-state index is 12.0. The summed E-state index contributed by atoms with van der Waals surface area (Å²) in [6, 6.07) is 5.80. The molecule has 0 aliphatic heterocycles. The number of carboxylic acid groups (broad SMARTS) is 1. The highest BCUT2D eigenvalue weighted by Crippen LogP contribution is 2.59. The molecule has 132 valence electrons. The van der Waals surface area contributed by atoms with Crippen molar-refractivity contribution in [2.45, 2.75) is 70.5 Å². The van der Waals surface area contributed by atoms with E-state index in [1.165, 1.54) is 0 Å². The monoisotopic (exact) mass is 332 g/mol. The Bertz CT molecular complexity index is 675. The van der Waals surface area contributed by atoms with Crippen molar-refractivity contribution in [3.63, 3.8) is 0 Å². The fraction of sp³-hybridized carbons (Fsp3) is 0.650. The molecule has 1 fully saturated rings. The minimum atomic E-state index is -0.964. The molecule has 4 atom stereocenters. The van der Waals surface area contributed by atoms with Gasteiger partial charge < -0.3 is 15.3 Å². The number of aliphatic hydroxyl groups is 2. The van der Waals surface area contributed by atoms with Crippen molar-refractivity contribution in [2.75, 3.05) is 0 Å². The molecule has 3 N–H and O–H groups in total. The fourth-order valence-corrected chi connectivity index (χ4v) is 5.06. The SMILES string of the molecule is CC(C)(O)c1ccc2c(c1)C(O)C[C@H]1[C@](C)(C(=O)O)CCC[C@]21C. The van der Waals surface area contributed by atoms with Crippen LogP contribution in [0.15, 0.2) is 18.2 Å². The van der Waals surface area contributed by atoms with E-state index in [0.717, 1.165) is 29.5 Å². The van der Waals surface area contributed by atoms with E-state index in [0.29, 0.717) is 12.8 Å². The van der Waals surface area contributed by atoms with E-state index in [-0.39, 0.29) is 11.3 Å². The maximum Gasteiger partial charge on any atom is 0.309 e. The van der Waals surface area contributed by atoms with E-state index >= 15 is 0 Å². The first-order chi connectivity index (χ1) is 11.0. The van der Waals surface area contributed by atoms with Crippen molar-refractivity contribution in [1.29, 1.82) is 0 Å². The van der Waals surface area contributed by atoms with Crippen LogP contribution in [0.1, 0.15) is 76.2 Å². The first-order valence-corrected chi connectivity index (χ1v) is 8.79. The van der Waals surface area contributed by atoms with Crippen LogP contribution in [0.3, 0.4) is 0 Å². The summed E-state index contributed by atoms with van der Waals surface area (Å²) >= 11 is 0. The minimum Gasteiger partial charge on any atom is -0.481 e. The molecule has 1 unspecified atom stereocenters. The van der Waals surface area contributed by atoms with Gasteiger partial charge in [-0.3, -0.25) is 4.79 Å². The molecule has 4 heteroatoms. The summed E-state index contributed by atoms with van der Waals surface area (Å²) in [6.07, 6.45) is 2.24. The Kier molecular flexibility index (Phi) is 3.85. The molecule has 1 aromatic rings. The summed E-state index contributed by atoms with van der Waals surface area (Å²) in [6.45, 7) is 7.44. The van der Waals surface area contributed by atoms with Gasteiger partial charge in [0.2, 0.25) is 0 Å². The Labute approximate surface area is 143 Å². The summed E-state index contributed by atoms with van der Waals surface area (Å²) in [5.41, 5.74) is 0.654. The molecule has 4 nitrogen and oxygen atoms in total. The van der Waals surface area contributed by atoms with Crippen molar-refractivity contribution < 1.29 is 20.1 Å². The standard InChI is InChI=1S/C20H28O4/c1-18(2,24)12-6-7-14-13(10-12)15(21)11-16-19(14,3)8-5-9-20(16,4)17(22)23/h6-7,10,15-16,21,24H,5,8-9,11H2,1-4H3,(H,22,23)/t15?,16-,19-,20-/m1/s1. The number of hydrogen-bond donors (Lipinski definition) is 3. The second-order valence-corrected chi connectivity index (χ2v) is 8.66. The van der Waals surface area contributed by atoms with Crippen molar-refractivity contribution >= 4 is 5.97 Å². The second-order valence-electron chi connectivity index (χ2n) is 8.66. The van der Waals surface area contributed by atoms with E-state index in [1.807, 2.05) is 25.1 Å². The zero-order chi connectivity index (χ0) is 17.9. The predicted octanol–water partition coefficient (Wildman–Crippen LogP) is 3.50. The number of carboxylic acids is 1. The smallest absolute Gasteiger partial charge is 0.309 e. The van der Waals surface area contributed by atoms with Crippen LogP contribution in [-0.2, 0) is 15.8 Å². The molecule has 0 amide bonds. The number of aliphatic hydroxyl groups excluding tert-OH is 1. The van der Waals surface area contributed by atoms with Gasteiger partial charge in [0.25, 0.3) is 0 Å². The van der Waals surface area contributed by atoms with Crippen molar-refractivity contribution in [3.8, 4) is 0 Å². The summed E-state index contributed by atoms with van der Waals surface area (Å²) in [5, 5.41) is 30.8. The quantitative estimate of drug-likeness (QED) is 0.774.